The molecule has 15 heavy (non-hydrogen) atoms. The average molecular weight is 214 g/mol. The molecule has 1 unspecified atom stereocenters. The van der Waals surface area contributed by atoms with Gasteiger partial charge in [-0.25, -0.2) is 0 Å². The van der Waals surface area contributed by atoms with Gasteiger partial charge in [0.2, 0.25) is 5.91 Å². The molecule has 1 fully saturated rings. The van der Waals surface area contributed by atoms with Gasteiger partial charge in [-0.3, -0.25) is 9.69 Å². The Labute approximate surface area is 91.6 Å². The molecule has 1 aliphatic heterocycles. The summed E-state index contributed by atoms with van der Waals surface area (Å²) in [6.07, 6.45) is 0.514. The van der Waals surface area contributed by atoms with Gasteiger partial charge in [0.05, 0.1) is 6.04 Å². The maximum atomic E-state index is 11.9. The van der Waals surface area contributed by atoms with Gasteiger partial charge >= 0.3 is 0 Å². The molecule has 0 radical (unpaired) electrons. The average Bonchev–Trinajstić information content (AvgIpc) is 2.08. The molecule has 1 amide bonds. The van der Waals surface area contributed by atoms with Crippen molar-refractivity contribution >= 4 is 5.91 Å². The Balaban J connectivity index is 2.81. The number of amides is 1. The van der Waals surface area contributed by atoms with Crippen LogP contribution in [0.25, 0.3) is 0 Å². The molecule has 1 rings (SSSR count). The standard InChI is InChI=1S/C11H22N2O2/c1-8(2)13-7-11(3,4)12-10(15)9(13)5-6-14/h8-9,14H,5-7H2,1-4H3,(H,12,15). The van der Waals surface area contributed by atoms with E-state index in [0.29, 0.717) is 12.5 Å². The molecule has 2 N–H and O–H groups in total. The zero-order chi connectivity index (χ0) is 11.6. The first-order valence-electron chi connectivity index (χ1n) is 5.56. The minimum Gasteiger partial charge on any atom is -0.396 e. The number of aliphatic hydroxyl groups excluding tert-OH is 1. The number of nitrogens with one attached hydrogen (secondary N) is 1. The van der Waals surface area contributed by atoms with Gasteiger partial charge in [0.15, 0.2) is 0 Å². The Bertz CT molecular complexity index is 239. The van der Waals surface area contributed by atoms with Crippen LogP contribution in [0.5, 0.6) is 0 Å². The smallest absolute Gasteiger partial charge is 0.237 e. The van der Waals surface area contributed by atoms with Crippen LogP contribution in [0.3, 0.4) is 0 Å². The lowest BCUT2D eigenvalue weighted by atomic mass is 9.95. The third-order valence-corrected chi connectivity index (χ3v) is 2.81. The van der Waals surface area contributed by atoms with Crippen molar-refractivity contribution < 1.29 is 9.90 Å². The molecule has 1 aliphatic rings. The molecule has 0 spiro atoms. The highest BCUT2D eigenvalue weighted by atomic mass is 16.3. The van der Waals surface area contributed by atoms with Crippen molar-refractivity contribution in [3.8, 4) is 0 Å². The van der Waals surface area contributed by atoms with Crippen LogP contribution >= 0.6 is 0 Å². The molecule has 4 nitrogen and oxygen atoms in total. The highest BCUT2D eigenvalue weighted by molar-refractivity contribution is 5.83. The van der Waals surface area contributed by atoms with E-state index >= 15 is 0 Å². The van der Waals surface area contributed by atoms with E-state index in [0.717, 1.165) is 6.54 Å². The van der Waals surface area contributed by atoms with Gasteiger partial charge < -0.3 is 10.4 Å². The molecule has 0 aromatic carbocycles. The third-order valence-electron chi connectivity index (χ3n) is 2.81. The Morgan fingerprint density at radius 3 is 2.67 bits per heavy atom. The third kappa shape index (κ3) is 2.92. The van der Waals surface area contributed by atoms with Gasteiger partial charge in [-0.15, -0.1) is 0 Å². The maximum Gasteiger partial charge on any atom is 0.237 e. The SMILES string of the molecule is CC(C)N1CC(C)(C)NC(=O)C1CCO. The first-order chi connectivity index (χ1) is 6.87. The largest absolute Gasteiger partial charge is 0.396 e. The van der Waals surface area contributed by atoms with Gasteiger partial charge in [0, 0.05) is 24.7 Å². The Hall–Kier alpha value is -0.610. The molecule has 4 heteroatoms. The van der Waals surface area contributed by atoms with Crippen molar-refractivity contribution in [2.45, 2.75) is 51.7 Å². The molecule has 0 saturated carbocycles. The van der Waals surface area contributed by atoms with Crippen molar-refractivity contribution in [3.05, 3.63) is 0 Å². The Morgan fingerprint density at radius 2 is 2.20 bits per heavy atom. The lowest BCUT2D eigenvalue weighted by Gasteiger charge is -2.45. The fourth-order valence-corrected chi connectivity index (χ4v) is 2.14. The van der Waals surface area contributed by atoms with Crippen LogP contribution in [0, 0.1) is 0 Å². The Kier molecular flexibility index (Phi) is 3.73. The quantitative estimate of drug-likeness (QED) is 0.713. The summed E-state index contributed by atoms with van der Waals surface area (Å²) in [5.41, 5.74) is -0.173. The molecule has 0 aliphatic carbocycles. The molecular formula is C11H22N2O2. The number of rotatable bonds is 3. The van der Waals surface area contributed by atoms with Crippen LogP contribution in [-0.2, 0) is 4.79 Å². The van der Waals surface area contributed by atoms with Crippen LogP contribution < -0.4 is 5.32 Å². The van der Waals surface area contributed by atoms with Crippen LogP contribution in [0.15, 0.2) is 0 Å². The molecule has 1 atom stereocenters. The second-order valence-corrected chi connectivity index (χ2v) is 5.17. The van der Waals surface area contributed by atoms with E-state index in [2.05, 4.69) is 24.1 Å². The van der Waals surface area contributed by atoms with Crippen LogP contribution in [0.1, 0.15) is 34.1 Å². The van der Waals surface area contributed by atoms with Crippen molar-refractivity contribution in [3.63, 3.8) is 0 Å². The predicted octanol–water partition coefficient (Wildman–Crippen LogP) is 0.356. The summed E-state index contributed by atoms with van der Waals surface area (Å²) in [5, 5.41) is 11.9. The summed E-state index contributed by atoms with van der Waals surface area (Å²) in [5.74, 6) is 0.0361. The second kappa shape index (κ2) is 4.49. The van der Waals surface area contributed by atoms with Crippen LogP contribution in [0.4, 0.5) is 0 Å². The first kappa shape index (κ1) is 12.5. The molecular weight excluding hydrogens is 192 g/mol. The number of nitrogens with zero attached hydrogens (tertiary/aromatic N) is 1. The highest BCUT2D eigenvalue weighted by Crippen LogP contribution is 2.20. The van der Waals surface area contributed by atoms with Gasteiger partial charge in [0.25, 0.3) is 0 Å². The summed E-state index contributed by atoms with van der Waals surface area (Å²) < 4.78 is 0. The topological polar surface area (TPSA) is 52.6 Å². The van der Waals surface area contributed by atoms with Gasteiger partial charge in [-0.1, -0.05) is 0 Å². The number of carbonyl (C=O) groups is 1. The lowest BCUT2D eigenvalue weighted by Crippen LogP contribution is -2.66. The first-order valence-corrected chi connectivity index (χ1v) is 5.56. The van der Waals surface area contributed by atoms with E-state index in [1.165, 1.54) is 0 Å². The Morgan fingerprint density at radius 1 is 1.60 bits per heavy atom. The lowest BCUT2D eigenvalue weighted by molar-refractivity contribution is -0.134. The summed E-state index contributed by atoms with van der Waals surface area (Å²) in [7, 11) is 0. The minimum absolute atomic E-state index is 0.0361. The van der Waals surface area contributed by atoms with Crippen molar-refractivity contribution in [2.75, 3.05) is 13.2 Å². The fraction of sp³-hybridized carbons (Fsp3) is 0.909. The normalized spacial score (nSPS) is 26.8. The van der Waals surface area contributed by atoms with Crippen molar-refractivity contribution in [1.29, 1.82) is 0 Å². The zero-order valence-electron chi connectivity index (χ0n) is 10.1. The summed E-state index contributed by atoms with van der Waals surface area (Å²) in [4.78, 5) is 14.0. The van der Waals surface area contributed by atoms with E-state index in [1.54, 1.807) is 0 Å². The van der Waals surface area contributed by atoms with Gasteiger partial charge in [-0.2, -0.15) is 0 Å². The zero-order valence-corrected chi connectivity index (χ0v) is 10.1. The monoisotopic (exact) mass is 214 g/mol. The van der Waals surface area contributed by atoms with E-state index < -0.39 is 0 Å². The molecule has 1 heterocycles. The van der Waals surface area contributed by atoms with Gasteiger partial charge in [-0.05, 0) is 34.1 Å². The number of aliphatic hydroxyl groups is 1. The number of carbonyl (C=O) groups excluding carboxylic acids is 1. The summed E-state index contributed by atoms with van der Waals surface area (Å²) in [6.45, 7) is 9.10. The van der Waals surface area contributed by atoms with Gasteiger partial charge in [0.1, 0.15) is 0 Å². The number of hydrogen-bond acceptors (Lipinski definition) is 3. The molecule has 0 aromatic rings. The fourth-order valence-electron chi connectivity index (χ4n) is 2.14. The maximum absolute atomic E-state index is 11.9. The van der Waals surface area contributed by atoms with E-state index in [9.17, 15) is 4.79 Å². The van der Waals surface area contributed by atoms with Crippen molar-refractivity contribution in [1.82, 2.24) is 10.2 Å². The second-order valence-electron chi connectivity index (χ2n) is 5.17. The molecule has 0 bridgehead atoms. The molecule has 88 valence electrons. The minimum atomic E-state index is -0.178. The van der Waals surface area contributed by atoms with E-state index in [4.69, 9.17) is 5.11 Å². The van der Waals surface area contributed by atoms with E-state index in [1.807, 2.05) is 13.8 Å². The number of piperazine rings is 1. The summed E-state index contributed by atoms with van der Waals surface area (Å²) in [6, 6.07) is 0.148. The highest BCUT2D eigenvalue weighted by Gasteiger charge is 2.38. The predicted molar refractivity (Wildman–Crippen MR) is 59.6 cm³/mol. The summed E-state index contributed by atoms with van der Waals surface area (Å²) >= 11 is 0. The number of hydrogen-bond donors (Lipinski definition) is 2. The van der Waals surface area contributed by atoms with Crippen LogP contribution in [0.2, 0.25) is 0 Å². The van der Waals surface area contributed by atoms with Crippen LogP contribution in [-0.4, -0.2) is 46.7 Å². The molecule has 0 aromatic heterocycles. The molecule has 1 saturated heterocycles. The van der Waals surface area contributed by atoms with E-state index in [-0.39, 0.29) is 24.1 Å². The van der Waals surface area contributed by atoms with Crippen molar-refractivity contribution in [2.24, 2.45) is 0 Å².